The quantitative estimate of drug-likeness (QED) is 0.634. The number of carbonyl (C=O) groups is 1. The number of nitrogen functional groups attached to an aromatic ring is 2. The summed E-state index contributed by atoms with van der Waals surface area (Å²) < 4.78 is 0. The first-order chi connectivity index (χ1) is 9.47. The van der Waals surface area contributed by atoms with Crippen LogP contribution in [0.1, 0.15) is 42.1 Å². The maximum atomic E-state index is 11.2. The molecule has 0 saturated carbocycles. The van der Waals surface area contributed by atoms with Crippen molar-refractivity contribution >= 4 is 17.3 Å². The van der Waals surface area contributed by atoms with Crippen LogP contribution in [0.3, 0.4) is 0 Å². The summed E-state index contributed by atoms with van der Waals surface area (Å²) in [5, 5.41) is 9.20. The van der Waals surface area contributed by atoms with Crippen LogP contribution in [0.5, 0.6) is 0 Å². The minimum atomic E-state index is -0.953. The third-order valence-corrected chi connectivity index (χ3v) is 3.48. The number of aromatic carboxylic acids is 1. The van der Waals surface area contributed by atoms with Crippen LogP contribution < -0.4 is 11.5 Å². The van der Waals surface area contributed by atoms with E-state index in [1.807, 2.05) is 0 Å². The van der Waals surface area contributed by atoms with Crippen LogP contribution in [0.25, 0.3) is 0 Å². The standard InChI is InChI=1S/C15H25N3O2/c1-3-4-9-18(2)10-5-6-11-12(15(19)20)7-8-13(16)14(11)17/h7-8H,3-6,9-10,16-17H2,1-2H3,(H,19,20). The van der Waals surface area contributed by atoms with E-state index in [-0.39, 0.29) is 5.56 Å². The summed E-state index contributed by atoms with van der Waals surface area (Å²) in [6.45, 7) is 4.16. The number of anilines is 2. The van der Waals surface area contributed by atoms with Crippen molar-refractivity contribution in [2.24, 2.45) is 0 Å². The fraction of sp³-hybridized carbons (Fsp3) is 0.533. The van der Waals surface area contributed by atoms with Gasteiger partial charge in [-0.1, -0.05) is 13.3 Å². The molecule has 0 fully saturated rings. The summed E-state index contributed by atoms with van der Waals surface area (Å²) in [5.74, 6) is -0.953. The van der Waals surface area contributed by atoms with Crippen molar-refractivity contribution < 1.29 is 9.90 Å². The predicted molar refractivity (Wildman–Crippen MR) is 83.0 cm³/mol. The Morgan fingerprint density at radius 1 is 1.25 bits per heavy atom. The van der Waals surface area contributed by atoms with E-state index in [0.717, 1.165) is 19.5 Å². The van der Waals surface area contributed by atoms with Crippen LogP contribution >= 0.6 is 0 Å². The molecule has 0 atom stereocenters. The summed E-state index contributed by atoms with van der Waals surface area (Å²) in [4.78, 5) is 13.5. The van der Waals surface area contributed by atoms with Gasteiger partial charge >= 0.3 is 5.97 Å². The van der Waals surface area contributed by atoms with E-state index in [9.17, 15) is 9.90 Å². The van der Waals surface area contributed by atoms with Gasteiger partial charge in [0.15, 0.2) is 0 Å². The van der Waals surface area contributed by atoms with Crippen LogP contribution in [0.15, 0.2) is 12.1 Å². The number of unbranched alkanes of at least 4 members (excludes halogenated alkanes) is 1. The first-order valence-electron chi connectivity index (χ1n) is 7.06. The van der Waals surface area contributed by atoms with Gasteiger partial charge in [0, 0.05) is 0 Å². The van der Waals surface area contributed by atoms with Crippen LogP contribution in [0, 0.1) is 0 Å². The lowest BCUT2D eigenvalue weighted by molar-refractivity contribution is 0.0695. The maximum absolute atomic E-state index is 11.2. The normalized spacial score (nSPS) is 10.9. The zero-order chi connectivity index (χ0) is 15.1. The average Bonchev–Trinajstić information content (AvgIpc) is 2.40. The SMILES string of the molecule is CCCCN(C)CCCc1c(C(=O)O)ccc(N)c1N. The van der Waals surface area contributed by atoms with Gasteiger partial charge in [0.2, 0.25) is 0 Å². The highest BCUT2D eigenvalue weighted by molar-refractivity contribution is 5.93. The lowest BCUT2D eigenvalue weighted by atomic mass is 9.99. The smallest absolute Gasteiger partial charge is 0.336 e. The molecule has 5 nitrogen and oxygen atoms in total. The van der Waals surface area contributed by atoms with Crippen molar-refractivity contribution in [1.29, 1.82) is 0 Å². The number of nitrogens with zero attached hydrogens (tertiary/aromatic N) is 1. The van der Waals surface area contributed by atoms with Crippen LogP contribution in [0.2, 0.25) is 0 Å². The molecule has 5 N–H and O–H groups in total. The molecule has 0 spiro atoms. The second-order valence-electron chi connectivity index (χ2n) is 5.16. The van der Waals surface area contributed by atoms with Crippen molar-refractivity contribution in [2.45, 2.75) is 32.6 Å². The molecule has 0 aromatic heterocycles. The van der Waals surface area contributed by atoms with Crippen molar-refractivity contribution in [2.75, 3.05) is 31.6 Å². The van der Waals surface area contributed by atoms with E-state index in [0.29, 0.717) is 23.4 Å². The first kappa shape index (κ1) is 16.3. The molecule has 0 saturated heterocycles. The highest BCUT2D eigenvalue weighted by Crippen LogP contribution is 2.25. The van der Waals surface area contributed by atoms with Gasteiger partial charge in [-0.25, -0.2) is 4.79 Å². The van der Waals surface area contributed by atoms with Gasteiger partial charge in [-0.15, -0.1) is 0 Å². The zero-order valence-electron chi connectivity index (χ0n) is 12.4. The molecule has 20 heavy (non-hydrogen) atoms. The van der Waals surface area contributed by atoms with Crippen LogP contribution in [-0.4, -0.2) is 36.1 Å². The molecule has 0 radical (unpaired) electrons. The first-order valence-corrected chi connectivity index (χ1v) is 7.06. The van der Waals surface area contributed by atoms with Crippen LogP contribution in [-0.2, 0) is 6.42 Å². The van der Waals surface area contributed by atoms with E-state index in [1.165, 1.54) is 18.9 Å². The fourth-order valence-electron chi connectivity index (χ4n) is 2.22. The van der Waals surface area contributed by atoms with E-state index in [1.54, 1.807) is 6.07 Å². The Morgan fingerprint density at radius 2 is 1.90 bits per heavy atom. The lowest BCUT2D eigenvalue weighted by Crippen LogP contribution is -2.21. The Balaban J connectivity index is 2.67. The molecule has 0 aliphatic carbocycles. The Hall–Kier alpha value is -1.75. The summed E-state index contributed by atoms with van der Waals surface area (Å²) >= 11 is 0. The molecule has 0 amide bonds. The Kier molecular flexibility index (Phi) is 6.31. The number of nitrogens with two attached hydrogens (primary N) is 2. The van der Waals surface area contributed by atoms with E-state index in [4.69, 9.17) is 11.5 Å². The van der Waals surface area contributed by atoms with Crippen LogP contribution in [0.4, 0.5) is 11.4 Å². The molecule has 0 aliphatic rings. The van der Waals surface area contributed by atoms with Crippen molar-refractivity contribution in [3.05, 3.63) is 23.3 Å². The maximum Gasteiger partial charge on any atom is 0.336 e. The second kappa shape index (κ2) is 7.75. The zero-order valence-corrected chi connectivity index (χ0v) is 12.4. The Bertz CT molecular complexity index is 461. The molecule has 0 unspecified atom stereocenters. The summed E-state index contributed by atoms with van der Waals surface area (Å²) in [7, 11) is 2.08. The van der Waals surface area contributed by atoms with Gasteiger partial charge in [0.25, 0.3) is 0 Å². The highest BCUT2D eigenvalue weighted by atomic mass is 16.4. The van der Waals surface area contributed by atoms with Gasteiger partial charge in [0.05, 0.1) is 16.9 Å². The molecule has 5 heteroatoms. The average molecular weight is 279 g/mol. The van der Waals surface area contributed by atoms with E-state index >= 15 is 0 Å². The molecule has 0 aliphatic heterocycles. The molecular formula is C15H25N3O2. The van der Waals surface area contributed by atoms with Gasteiger partial charge in [-0.3, -0.25) is 0 Å². The number of hydrogen-bond acceptors (Lipinski definition) is 4. The van der Waals surface area contributed by atoms with E-state index < -0.39 is 5.97 Å². The lowest BCUT2D eigenvalue weighted by Gasteiger charge is -2.17. The van der Waals surface area contributed by atoms with Crippen molar-refractivity contribution in [1.82, 2.24) is 4.90 Å². The second-order valence-corrected chi connectivity index (χ2v) is 5.16. The number of benzene rings is 1. The summed E-state index contributed by atoms with van der Waals surface area (Å²) in [6, 6.07) is 3.08. The Labute approximate surface area is 120 Å². The Morgan fingerprint density at radius 3 is 2.50 bits per heavy atom. The molecule has 112 valence electrons. The summed E-state index contributed by atoms with van der Waals surface area (Å²) in [6.07, 6.45) is 3.86. The molecule has 1 aromatic rings. The minimum Gasteiger partial charge on any atom is -0.478 e. The van der Waals surface area contributed by atoms with Gasteiger partial charge in [-0.2, -0.15) is 0 Å². The molecule has 1 rings (SSSR count). The molecule has 0 heterocycles. The monoisotopic (exact) mass is 279 g/mol. The summed E-state index contributed by atoms with van der Waals surface area (Å²) in [5.41, 5.74) is 13.4. The van der Waals surface area contributed by atoms with Gasteiger partial charge in [0.1, 0.15) is 0 Å². The number of carboxylic acids is 1. The van der Waals surface area contributed by atoms with Crippen molar-refractivity contribution in [3.63, 3.8) is 0 Å². The van der Waals surface area contributed by atoms with E-state index in [2.05, 4.69) is 18.9 Å². The van der Waals surface area contributed by atoms with Gasteiger partial charge in [-0.05, 0) is 57.1 Å². The fourth-order valence-corrected chi connectivity index (χ4v) is 2.22. The predicted octanol–water partition coefficient (Wildman–Crippen LogP) is 2.21. The molecular weight excluding hydrogens is 254 g/mol. The number of rotatable bonds is 8. The number of carboxylic acid groups (broad SMARTS) is 1. The largest absolute Gasteiger partial charge is 0.478 e. The molecule has 0 bridgehead atoms. The topological polar surface area (TPSA) is 92.6 Å². The third-order valence-electron chi connectivity index (χ3n) is 3.48. The minimum absolute atomic E-state index is 0.257. The highest BCUT2D eigenvalue weighted by Gasteiger charge is 2.14. The number of hydrogen-bond donors (Lipinski definition) is 3. The molecule has 1 aromatic carbocycles. The third kappa shape index (κ3) is 4.42. The van der Waals surface area contributed by atoms with Gasteiger partial charge < -0.3 is 21.5 Å². The van der Waals surface area contributed by atoms with Crippen molar-refractivity contribution in [3.8, 4) is 0 Å².